The summed E-state index contributed by atoms with van der Waals surface area (Å²) in [6.45, 7) is 15.2. The Morgan fingerprint density at radius 2 is 1.61 bits per heavy atom. The number of nitriles is 1. The molecule has 0 spiro atoms. The number of hydrogen-bond acceptors (Lipinski definition) is 6. The molecule has 2 aromatic rings. The average Bonchev–Trinajstić information content (AvgIpc) is 2.93. The summed E-state index contributed by atoms with van der Waals surface area (Å²) in [6.07, 6.45) is 2.72. The van der Waals surface area contributed by atoms with Crippen molar-refractivity contribution < 1.29 is 23.4 Å². The minimum Gasteiger partial charge on any atom is -0.411 e. The van der Waals surface area contributed by atoms with Gasteiger partial charge < -0.3 is 23.4 Å². The van der Waals surface area contributed by atoms with E-state index in [1.54, 1.807) is 0 Å². The summed E-state index contributed by atoms with van der Waals surface area (Å²) < 4.78 is 33.1. The lowest BCUT2D eigenvalue weighted by molar-refractivity contribution is -0.305. The van der Waals surface area contributed by atoms with Crippen molar-refractivity contribution in [3.8, 4) is 6.07 Å². The molecular formula is C34H49NO5Si. The zero-order valence-electron chi connectivity index (χ0n) is 25.8. The maximum atomic E-state index is 9.70. The van der Waals surface area contributed by atoms with Crippen molar-refractivity contribution >= 4 is 8.32 Å². The first-order valence-corrected chi connectivity index (χ1v) is 18.1. The van der Waals surface area contributed by atoms with Crippen molar-refractivity contribution in [1.29, 1.82) is 5.26 Å². The lowest BCUT2D eigenvalue weighted by Crippen LogP contribution is -2.67. The number of rotatable bonds is 12. The van der Waals surface area contributed by atoms with Crippen LogP contribution in [0.15, 0.2) is 60.7 Å². The highest BCUT2D eigenvalue weighted by Crippen LogP contribution is 2.46. The number of ether oxygens (including phenoxy) is 4. The van der Waals surface area contributed by atoms with Gasteiger partial charge in [-0.3, -0.25) is 0 Å². The van der Waals surface area contributed by atoms with Gasteiger partial charge in [0, 0.05) is 19.4 Å². The molecule has 0 N–H and O–H groups in total. The van der Waals surface area contributed by atoms with Crippen molar-refractivity contribution in [2.45, 2.75) is 127 Å². The second-order valence-electron chi connectivity index (χ2n) is 13.3. The molecule has 0 radical (unpaired) electrons. The van der Waals surface area contributed by atoms with Crippen molar-refractivity contribution in [3.05, 3.63) is 71.8 Å². The van der Waals surface area contributed by atoms with Crippen LogP contribution < -0.4 is 0 Å². The quantitative estimate of drug-likeness (QED) is 0.191. The molecule has 0 aromatic heterocycles. The molecule has 2 aliphatic heterocycles. The molecule has 2 aliphatic rings. The van der Waals surface area contributed by atoms with E-state index < -0.39 is 13.9 Å². The van der Waals surface area contributed by atoms with Crippen molar-refractivity contribution in [1.82, 2.24) is 0 Å². The highest BCUT2D eigenvalue weighted by Gasteiger charge is 2.56. The molecule has 6 atom stereocenters. The van der Waals surface area contributed by atoms with Crippen molar-refractivity contribution in [2.75, 3.05) is 6.61 Å². The Morgan fingerprint density at radius 3 is 2.22 bits per heavy atom. The normalized spacial score (nSPS) is 28.6. The Morgan fingerprint density at radius 1 is 0.976 bits per heavy atom. The first-order chi connectivity index (χ1) is 19.5. The van der Waals surface area contributed by atoms with E-state index in [1.807, 2.05) is 36.4 Å². The molecule has 0 aliphatic carbocycles. The van der Waals surface area contributed by atoms with Crippen LogP contribution in [0.5, 0.6) is 0 Å². The SMILES string of the molecule is CC(C)(C)[Si](C)(C)O[C@H]1C[C@H]2O[C@H](CCCOCc3ccccc3)C[C@H](OCc3ccccc3)[C@]2(C)O[C@@H]1CC#N. The topological polar surface area (TPSA) is 69.9 Å². The maximum absolute atomic E-state index is 9.70. The Balaban J connectivity index is 1.46. The molecule has 0 saturated carbocycles. The second-order valence-corrected chi connectivity index (χ2v) is 18.1. The van der Waals surface area contributed by atoms with E-state index in [0.29, 0.717) is 26.2 Å². The molecule has 2 aromatic carbocycles. The summed E-state index contributed by atoms with van der Waals surface area (Å²) in [5.74, 6) is 0. The molecule has 41 heavy (non-hydrogen) atoms. The molecule has 4 rings (SSSR count). The standard InChI is InChI=1S/C34H49NO5Si/c1-33(2,3)41(5,6)40-30-23-32-34(4,39-29(30)19-20-35)31(37-25-27-16-11-8-12-17-27)22-28(38-32)18-13-21-36-24-26-14-9-7-10-15-26/h7-12,14-17,28-32H,13,18-19,21-25H2,1-6H3/t28-,29-,30+,31+,32-,34+/m1/s1. The third-order valence-corrected chi connectivity index (χ3v) is 13.6. The number of nitrogens with zero attached hydrogens (tertiary/aromatic N) is 1. The van der Waals surface area contributed by atoms with E-state index in [9.17, 15) is 5.26 Å². The van der Waals surface area contributed by atoms with Gasteiger partial charge in [0.1, 0.15) is 5.60 Å². The van der Waals surface area contributed by atoms with Crippen molar-refractivity contribution in [3.63, 3.8) is 0 Å². The van der Waals surface area contributed by atoms with Gasteiger partial charge in [0.25, 0.3) is 0 Å². The van der Waals surface area contributed by atoms with Crippen molar-refractivity contribution in [2.24, 2.45) is 0 Å². The average molecular weight is 580 g/mol. The fourth-order valence-electron chi connectivity index (χ4n) is 5.62. The minimum atomic E-state index is -2.09. The largest absolute Gasteiger partial charge is 0.411 e. The van der Waals surface area contributed by atoms with E-state index in [0.717, 1.165) is 24.8 Å². The summed E-state index contributed by atoms with van der Waals surface area (Å²) >= 11 is 0. The highest BCUT2D eigenvalue weighted by molar-refractivity contribution is 6.74. The van der Waals surface area contributed by atoms with Crippen LogP contribution in [0.4, 0.5) is 0 Å². The number of benzene rings is 2. The highest BCUT2D eigenvalue weighted by atomic mass is 28.4. The molecule has 6 nitrogen and oxygen atoms in total. The smallest absolute Gasteiger partial charge is 0.192 e. The lowest BCUT2D eigenvalue weighted by atomic mass is 9.78. The molecule has 0 unspecified atom stereocenters. The van der Waals surface area contributed by atoms with E-state index in [4.69, 9.17) is 23.4 Å². The van der Waals surface area contributed by atoms with Gasteiger partial charge in [-0.05, 0) is 49.0 Å². The minimum absolute atomic E-state index is 0.0406. The van der Waals surface area contributed by atoms with Crippen LogP contribution in [0, 0.1) is 11.3 Å². The molecule has 0 amide bonds. The van der Waals surface area contributed by atoms with Crippen LogP contribution >= 0.6 is 0 Å². The Kier molecular flexibility index (Phi) is 10.8. The van der Waals surface area contributed by atoms with E-state index in [1.165, 1.54) is 5.56 Å². The number of hydrogen-bond donors (Lipinski definition) is 0. The van der Waals surface area contributed by atoms with Gasteiger partial charge in [0.15, 0.2) is 8.32 Å². The summed E-state index contributed by atoms with van der Waals surface area (Å²) in [4.78, 5) is 0. The van der Waals surface area contributed by atoms with Gasteiger partial charge in [-0.15, -0.1) is 0 Å². The molecule has 2 saturated heterocycles. The van der Waals surface area contributed by atoms with Gasteiger partial charge in [-0.1, -0.05) is 81.4 Å². The van der Waals surface area contributed by atoms with E-state index in [-0.39, 0.29) is 42.0 Å². The third-order valence-electron chi connectivity index (χ3n) is 9.14. The summed E-state index contributed by atoms with van der Waals surface area (Å²) in [7, 11) is -2.09. The van der Waals surface area contributed by atoms with Crippen LogP contribution in [0.25, 0.3) is 0 Å². The Bertz CT molecular complexity index is 1120. The molecule has 0 bridgehead atoms. The third kappa shape index (κ3) is 8.28. The Hall–Kier alpha value is -2.05. The first kappa shape index (κ1) is 31.9. The van der Waals surface area contributed by atoms with Crippen LogP contribution in [0.3, 0.4) is 0 Å². The Labute approximate surface area is 248 Å². The monoisotopic (exact) mass is 579 g/mol. The van der Waals surface area contributed by atoms with Crippen LogP contribution in [0.2, 0.25) is 18.1 Å². The summed E-state index contributed by atoms with van der Waals surface area (Å²) in [5, 5.41) is 9.76. The van der Waals surface area contributed by atoms with Crippen LogP contribution in [-0.2, 0) is 36.6 Å². The predicted molar refractivity (Wildman–Crippen MR) is 164 cm³/mol. The van der Waals surface area contributed by atoms with E-state index >= 15 is 0 Å². The second kappa shape index (κ2) is 13.9. The predicted octanol–water partition coefficient (Wildman–Crippen LogP) is 7.58. The van der Waals surface area contributed by atoms with Gasteiger partial charge in [-0.2, -0.15) is 5.26 Å². The molecular weight excluding hydrogens is 530 g/mol. The molecule has 2 heterocycles. The van der Waals surface area contributed by atoms with Crippen LogP contribution in [-0.4, -0.2) is 51.0 Å². The van der Waals surface area contributed by atoms with Gasteiger partial charge in [0.05, 0.1) is 56.2 Å². The zero-order valence-corrected chi connectivity index (χ0v) is 26.8. The zero-order chi connectivity index (χ0) is 29.5. The molecule has 224 valence electrons. The fraction of sp³-hybridized carbons (Fsp3) is 0.618. The van der Waals surface area contributed by atoms with Gasteiger partial charge >= 0.3 is 0 Å². The van der Waals surface area contributed by atoms with Crippen LogP contribution in [0.1, 0.15) is 70.9 Å². The fourth-order valence-corrected chi connectivity index (χ4v) is 6.98. The summed E-state index contributed by atoms with van der Waals surface area (Å²) in [6, 6.07) is 22.9. The molecule has 7 heteroatoms. The lowest BCUT2D eigenvalue weighted by Gasteiger charge is -2.56. The maximum Gasteiger partial charge on any atom is 0.192 e. The summed E-state index contributed by atoms with van der Waals surface area (Å²) in [5.41, 5.74) is 1.66. The number of fused-ring (bicyclic) bond motifs is 1. The van der Waals surface area contributed by atoms with Gasteiger partial charge in [-0.25, -0.2) is 0 Å². The molecule has 2 fully saturated rings. The first-order valence-electron chi connectivity index (χ1n) is 15.2. The van der Waals surface area contributed by atoms with E-state index in [2.05, 4.69) is 71.1 Å². The van der Waals surface area contributed by atoms with Gasteiger partial charge in [0.2, 0.25) is 0 Å².